The number of likely N-dealkylation sites (N-methyl/N-ethyl adjacent to an activating group) is 1. The average molecular weight is 476 g/mol. The van der Waals surface area contributed by atoms with Crippen LogP contribution in [0.1, 0.15) is 31.1 Å². The second kappa shape index (κ2) is 10.2. The first-order valence-corrected chi connectivity index (χ1v) is 11.5. The van der Waals surface area contributed by atoms with Crippen molar-refractivity contribution in [2.45, 2.75) is 20.8 Å². The number of carbonyl (C=O) groups excluding carboxylic acids is 1. The van der Waals surface area contributed by atoms with E-state index < -0.39 is 0 Å². The third-order valence-electron chi connectivity index (χ3n) is 4.77. The van der Waals surface area contributed by atoms with Crippen molar-refractivity contribution in [3.63, 3.8) is 0 Å². The Morgan fingerprint density at radius 2 is 1.86 bits per heavy atom. The fourth-order valence-electron chi connectivity index (χ4n) is 3.11. The van der Waals surface area contributed by atoms with Gasteiger partial charge in [0.2, 0.25) is 0 Å². The number of nitrogens with zero attached hydrogens (tertiary/aromatic N) is 3. The summed E-state index contributed by atoms with van der Waals surface area (Å²) >= 11 is 5.04. The molecule has 0 bridgehead atoms. The van der Waals surface area contributed by atoms with Gasteiger partial charge in [-0.1, -0.05) is 37.3 Å². The lowest BCUT2D eigenvalue weighted by molar-refractivity contribution is 0.0983. The van der Waals surface area contributed by atoms with Crippen molar-refractivity contribution in [3.8, 4) is 5.75 Å². The summed E-state index contributed by atoms with van der Waals surface area (Å²) in [6, 6.07) is 13.4. The number of halogens is 1. The van der Waals surface area contributed by atoms with Gasteiger partial charge in [-0.3, -0.25) is 9.69 Å². The highest BCUT2D eigenvalue weighted by Crippen LogP contribution is 2.33. The number of ether oxygens (including phenoxy) is 1. The predicted molar refractivity (Wildman–Crippen MR) is 124 cm³/mol. The maximum Gasteiger partial charge on any atom is 0.261 e. The summed E-state index contributed by atoms with van der Waals surface area (Å²) in [4.78, 5) is 22.3. The molecule has 0 aliphatic carbocycles. The molecule has 0 radical (unpaired) electrons. The molecule has 5 nitrogen and oxygen atoms in total. The number of hydrogen-bond acceptors (Lipinski definition) is 5. The molecule has 7 heteroatoms. The van der Waals surface area contributed by atoms with Gasteiger partial charge in [0.05, 0.1) is 22.4 Å². The fourth-order valence-corrected chi connectivity index (χ4v) is 4.58. The van der Waals surface area contributed by atoms with E-state index in [0.29, 0.717) is 23.8 Å². The highest BCUT2D eigenvalue weighted by atomic mass is 79.9. The van der Waals surface area contributed by atoms with E-state index in [9.17, 15) is 4.79 Å². The third kappa shape index (κ3) is 5.15. The number of aromatic nitrogens is 1. The van der Waals surface area contributed by atoms with Crippen LogP contribution in [0.4, 0.5) is 5.13 Å². The SMILES string of the molecule is CCOc1ccc2nc(N(CCN(CC)CC)C(=O)c3ccccc3Br)sc2c1. The maximum absolute atomic E-state index is 13.4. The Balaban J connectivity index is 1.96. The zero-order valence-electron chi connectivity index (χ0n) is 17.0. The van der Waals surface area contributed by atoms with Crippen molar-refractivity contribution < 1.29 is 9.53 Å². The van der Waals surface area contributed by atoms with Gasteiger partial charge in [-0.05, 0) is 66.3 Å². The zero-order valence-corrected chi connectivity index (χ0v) is 19.4. The topological polar surface area (TPSA) is 45.7 Å². The number of fused-ring (bicyclic) bond motifs is 1. The second-order valence-electron chi connectivity index (χ2n) is 6.52. The van der Waals surface area contributed by atoms with Gasteiger partial charge in [-0.15, -0.1) is 0 Å². The summed E-state index contributed by atoms with van der Waals surface area (Å²) in [6.07, 6.45) is 0. The highest BCUT2D eigenvalue weighted by Gasteiger charge is 2.23. The van der Waals surface area contributed by atoms with E-state index in [1.54, 1.807) is 4.90 Å². The molecule has 0 spiro atoms. The summed E-state index contributed by atoms with van der Waals surface area (Å²) in [5.41, 5.74) is 1.52. The van der Waals surface area contributed by atoms with E-state index in [1.807, 2.05) is 49.4 Å². The van der Waals surface area contributed by atoms with E-state index >= 15 is 0 Å². The summed E-state index contributed by atoms with van der Waals surface area (Å²) < 4.78 is 7.41. The Morgan fingerprint density at radius 1 is 1.10 bits per heavy atom. The van der Waals surface area contributed by atoms with Crippen LogP contribution in [0.25, 0.3) is 10.2 Å². The minimum absolute atomic E-state index is 0.0475. The molecule has 0 atom stereocenters. The molecule has 1 heterocycles. The van der Waals surface area contributed by atoms with E-state index in [1.165, 1.54) is 11.3 Å². The Kier molecular flexibility index (Phi) is 7.64. The van der Waals surface area contributed by atoms with Crippen LogP contribution in [0.2, 0.25) is 0 Å². The molecule has 3 aromatic rings. The number of amides is 1. The molecule has 1 aromatic heterocycles. The van der Waals surface area contributed by atoms with Gasteiger partial charge in [0, 0.05) is 17.6 Å². The molecule has 1 amide bonds. The van der Waals surface area contributed by atoms with Crippen LogP contribution < -0.4 is 9.64 Å². The van der Waals surface area contributed by atoms with Crippen LogP contribution in [0.3, 0.4) is 0 Å². The fraction of sp³-hybridized carbons (Fsp3) is 0.364. The second-order valence-corrected chi connectivity index (χ2v) is 8.39. The summed E-state index contributed by atoms with van der Waals surface area (Å²) in [5, 5.41) is 0.710. The van der Waals surface area contributed by atoms with Gasteiger partial charge in [-0.2, -0.15) is 0 Å². The van der Waals surface area contributed by atoms with E-state index in [0.717, 1.165) is 40.1 Å². The van der Waals surface area contributed by atoms with Crippen molar-refractivity contribution in [2.75, 3.05) is 37.7 Å². The molecule has 0 unspecified atom stereocenters. The van der Waals surface area contributed by atoms with Crippen LogP contribution in [0, 0.1) is 0 Å². The van der Waals surface area contributed by atoms with Crippen LogP contribution in [0.5, 0.6) is 5.75 Å². The van der Waals surface area contributed by atoms with Crippen molar-refractivity contribution >= 4 is 48.5 Å². The van der Waals surface area contributed by atoms with E-state index in [4.69, 9.17) is 9.72 Å². The monoisotopic (exact) mass is 475 g/mol. The lowest BCUT2D eigenvalue weighted by Crippen LogP contribution is -2.39. The number of benzene rings is 2. The van der Waals surface area contributed by atoms with Crippen LogP contribution in [0.15, 0.2) is 46.9 Å². The molecule has 29 heavy (non-hydrogen) atoms. The number of hydrogen-bond donors (Lipinski definition) is 0. The predicted octanol–water partition coefficient (Wildman–Crippen LogP) is 5.45. The maximum atomic E-state index is 13.4. The largest absolute Gasteiger partial charge is 0.494 e. The lowest BCUT2D eigenvalue weighted by Gasteiger charge is -2.25. The van der Waals surface area contributed by atoms with Gasteiger partial charge in [0.15, 0.2) is 5.13 Å². The van der Waals surface area contributed by atoms with Gasteiger partial charge in [0.25, 0.3) is 5.91 Å². The summed E-state index contributed by atoms with van der Waals surface area (Å²) in [5.74, 6) is 0.774. The van der Waals surface area contributed by atoms with Gasteiger partial charge < -0.3 is 9.64 Å². The molecular formula is C22H26BrN3O2S. The molecular weight excluding hydrogens is 450 g/mol. The van der Waals surface area contributed by atoms with Gasteiger partial charge >= 0.3 is 0 Å². The van der Waals surface area contributed by atoms with Crippen LogP contribution >= 0.6 is 27.3 Å². The normalized spacial score (nSPS) is 11.2. The van der Waals surface area contributed by atoms with Gasteiger partial charge in [-0.25, -0.2) is 4.98 Å². The molecule has 0 N–H and O–H groups in total. The minimum Gasteiger partial charge on any atom is -0.494 e. The summed E-state index contributed by atoms with van der Waals surface area (Å²) in [6.45, 7) is 10.1. The van der Waals surface area contributed by atoms with Crippen LogP contribution in [-0.2, 0) is 0 Å². The molecule has 2 aromatic carbocycles. The first-order chi connectivity index (χ1) is 14.1. The van der Waals surface area contributed by atoms with Crippen molar-refractivity contribution in [3.05, 3.63) is 52.5 Å². The molecule has 0 saturated heterocycles. The smallest absolute Gasteiger partial charge is 0.261 e. The molecule has 0 fully saturated rings. The quantitative estimate of drug-likeness (QED) is 0.412. The number of thiazole rings is 1. The van der Waals surface area contributed by atoms with E-state index in [2.05, 4.69) is 34.7 Å². The van der Waals surface area contributed by atoms with Crippen molar-refractivity contribution in [1.82, 2.24) is 9.88 Å². The Morgan fingerprint density at radius 3 is 2.55 bits per heavy atom. The Hall–Kier alpha value is -1.96. The number of rotatable bonds is 9. The average Bonchev–Trinajstić information content (AvgIpc) is 3.14. The summed E-state index contributed by atoms with van der Waals surface area (Å²) in [7, 11) is 0. The first kappa shape index (κ1) is 21.7. The molecule has 0 saturated carbocycles. The Bertz CT molecular complexity index is 972. The number of carbonyl (C=O) groups is 1. The molecule has 3 rings (SSSR count). The lowest BCUT2D eigenvalue weighted by atomic mass is 10.2. The van der Waals surface area contributed by atoms with Crippen LogP contribution in [-0.4, -0.2) is 48.6 Å². The molecule has 0 aliphatic rings. The molecule has 0 aliphatic heterocycles. The first-order valence-electron chi connectivity index (χ1n) is 9.89. The third-order valence-corrected chi connectivity index (χ3v) is 6.51. The van der Waals surface area contributed by atoms with Crippen molar-refractivity contribution in [2.24, 2.45) is 0 Å². The zero-order chi connectivity index (χ0) is 20.8. The Labute approximate surface area is 184 Å². The standard InChI is InChI=1S/C22H26BrN3O2S/c1-4-25(5-2)13-14-26(21(27)17-9-7-8-10-18(17)23)22-24-19-12-11-16(28-6-3)15-20(19)29-22/h7-12,15H,4-6,13-14H2,1-3H3. The number of anilines is 1. The van der Waals surface area contributed by atoms with Crippen molar-refractivity contribution in [1.29, 1.82) is 0 Å². The molecule has 154 valence electrons. The van der Waals surface area contributed by atoms with Gasteiger partial charge in [0.1, 0.15) is 5.75 Å². The van der Waals surface area contributed by atoms with E-state index in [-0.39, 0.29) is 5.91 Å². The highest BCUT2D eigenvalue weighted by molar-refractivity contribution is 9.10. The minimum atomic E-state index is -0.0475.